The Kier molecular flexibility index (Phi) is 6.37. The van der Waals surface area contributed by atoms with Gasteiger partial charge >= 0.3 is 0 Å². The Bertz CT molecular complexity index is 1040. The van der Waals surface area contributed by atoms with Gasteiger partial charge in [0.2, 0.25) is 5.91 Å². The van der Waals surface area contributed by atoms with Crippen LogP contribution in [0.4, 0.5) is 5.82 Å². The summed E-state index contributed by atoms with van der Waals surface area (Å²) in [5.41, 5.74) is 3.27. The number of aromatic nitrogens is 3. The van der Waals surface area contributed by atoms with Crippen molar-refractivity contribution < 1.29 is 4.79 Å². The summed E-state index contributed by atoms with van der Waals surface area (Å²) in [7, 11) is 0. The Balaban J connectivity index is 1.25. The minimum atomic E-state index is 0.235. The zero-order valence-electron chi connectivity index (χ0n) is 18.7. The number of amides is 1. The number of aryl methyl sites for hydroxylation is 1. The van der Waals surface area contributed by atoms with E-state index in [1.807, 2.05) is 12.3 Å². The molecule has 1 saturated heterocycles. The number of benzene rings is 1. The SMILES string of the molecule is O=C(CCc1[nH]nc2ccnc(NC3CCCCC3)c12)N1CCC[C@H](c2ccccc2)C1. The van der Waals surface area contributed by atoms with Crippen molar-refractivity contribution in [2.75, 3.05) is 18.4 Å². The van der Waals surface area contributed by atoms with E-state index in [9.17, 15) is 4.79 Å². The minimum absolute atomic E-state index is 0.235. The monoisotopic (exact) mass is 431 g/mol. The molecule has 2 aromatic heterocycles. The molecule has 2 N–H and O–H groups in total. The Labute approximate surface area is 189 Å². The van der Waals surface area contributed by atoms with Crippen LogP contribution < -0.4 is 5.32 Å². The molecular weight excluding hydrogens is 398 g/mol. The second-order valence-corrected chi connectivity index (χ2v) is 9.32. The summed E-state index contributed by atoms with van der Waals surface area (Å²) in [5, 5.41) is 12.4. The predicted molar refractivity (Wildman–Crippen MR) is 128 cm³/mol. The molecule has 0 bridgehead atoms. The maximum absolute atomic E-state index is 13.1. The van der Waals surface area contributed by atoms with E-state index in [0.717, 1.165) is 48.3 Å². The van der Waals surface area contributed by atoms with Gasteiger partial charge in [-0.05, 0) is 43.7 Å². The van der Waals surface area contributed by atoms with Crippen LogP contribution in [0.1, 0.15) is 68.5 Å². The van der Waals surface area contributed by atoms with E-state index >= 15 is 0 Å². The van der Waals surface area contributed by atoms with E-state index in [1.54, 1.807) is 0 Å². The number of pyridine rings is 1. The van der Waals surface area contributed by atoms with Crippen LogP contribution in [0.2, 0.25) is 0 Å². The second-order valence-electron chi connectivity index (χ2n) is 9.32. The van der Waals surface area contributed by atoms with Crippen LogP contribution in [0.3, 0.4) is 0 Å². The first-order valence-electron chi connectivity index (χ1n) is 12.2. The number of likely N-dealkylation sites (tertiary alicyclic amines) is 1. The molecule has 0 radical (unpaired) electrons. The topological polar surface area (TPSA) is 73.9 Å². The van der Waals surface area contributed by atoms with Crippen LogP contribution >= 0.6 is 0 Å². The van der Waals surface area contributed by atoms with E-state index in [0.29, 0.717) is 24.8 Å². The molecule has 1 saturated carbocycles. The minimum Gasteiger partial charge on any atom is -0.367 e. The summed E-state index contributed by atoms with van der Waals surface area (Å²) in [6.45, 7) is 1.69. The van der Waals surface area contributed by atoms with Crippen molar-refractivity contribution in [3.63, 3.8) is 0 Å². The molecule has 2 fully saturated rings. The van der Waals surface area contributed by atoms with Crippen molar-refractivity contribution in [1.82, 2.24) is 20.1 Å². The second kappa shape index (κ2) is 9.72. The molecule has 0 spiro atoms. The Morgan fingerprint density at radius 2 is 1.91 bits per heavy atom. The van der Waals surface area contributed by atoms with Crippen LogP contribution in [0.25, 0.3) is 10.9 Å². The molecule has 1 amide bonds. The molecule has 168 valence electrons. The number of carbonyl (C=O) groups is 1. The van der Waals surface area contributed by atoms with Crippen molar-refractivity contribution in [1.29, 1.82) is 0 Å². The van der Waals surface area contributed by atoms with Gasteiger partial charge in [-0.2, -0.15) is 5.10 Å². The smallest absolute Gasteiger partial charge is 0.222 e. The average molecular weight is 432 g/mol. The van der Waals surface area contributed by atoms with Gasteiger partial charge in [-0.1, -0.05) is 49.6 Å². The molecule has 1 aliphatic carbocycles. The van der Waals surface area contributed by atoms with Crippen LogP contribution in [0.5, 0.6) is 0 Å². The zero-order valence-corrected chi connectivity index (χ0v) is 18.7. The van der Waals surface area contributed by atoms with Gasteiger partial charge in [0.25, 0.3) is 0 Å². The molecule has 6 heteroatoms. The van der Waals surface area contributed by atoms with Crippen LogP contribution in [0, 0.1) is 0 Å². The predicted octanol–water partition coefficient (Wildman–Crippen LogP) is 5.04. The summed E-state index contributed by atoms with van der Waals surface area (Å²) in [5.74, 6) is 1.59. The number of rotatable bonds is 6. The lowest BCUT2D eigenvalue weighted by Gasteiger charge is -2.33. The van der Waals surface area contributed by atoms with E-state index in [1.165, 1.54) is 37.7 Å². The van der Waals surface area contributed by atoms with E-state index in [-0.39, 0.29) is 5.91 Å². The number of nitrogens with zero attached hydrogens (tertiary/aromatic N) is 3. The fraction of sp³-hybridized carbons (Fsp3) is 0.500. The van der Waals surface area contributed by atoms with Gasteiger partial charge in [0.05, 0.1) is 10.9 Å². The largest absolute Gasteiger partial charge is 0.367 e. The van der Waals surface area contributed by atoms with E-state index in [4.69, 9.17) is 0 Å². The average Bonchev–Trinajstić information content (AvgIpc) is 3.28. The molecule has 6 nitrogen and oxygen atoms in total. The Morgan fingerprint density at radius 1 is 1.06 bits per heavy atom. The zero-order chi connectivity index (χ0) is 21.8. The van der Waals surface area contributed by atoms with Gasteiger partial charge in [-0.25, -0.2) is 4.98 Å². The molecule has 3 heterocycles. The standard InChI is InChI=1S/C26H33N5O/c32-24(31-17-7-10-20(18-31)19-8-3-1-4-9-19)14-13-22-25-23(30-29-22)15-16-27-26(25)28-21-11-5-2-6-12-21/h1,3-4,8-9,15-16,20-21H,2,5-7,10-14,17-18H2,(H,27,28)(H,29,30)/t20-/m0/s1. The Morgan fingerprint density at radius 3 is 2.75 bits per heavy atom. The number of carbonyl (C=O) groups excluding carboxylic acids is 1. The van der Waals surface area contributed by atoms with Crippen molar-refractivity contribution in [2.45, 2.75) is 69.7 Å². The summed E-state index contributed by atoms with van der Waals surface area (Å²) < 4.78 is 0. The molecule has 0 unspecified atom stereocenters. The van der Waals surface area contributed by atoms with Crippen molar-refractivity contribution in [2.24, 2.45) is 0 Å². The highest BCUT2D eigenvalue weighted by Crippen LogP contribution is 2.29. The van der Waals surface area contributed by atoms with Gasteiger partial charge in [-0.3, -0.25) is 9.89 Å². The van der Waals surface area contributed by atoms with Crippen molar-refractivity contribution in [3.8, 4) is 0 Å². The summed E-state index contributed by atoms with van der Waals surface area (Å²) in [4.78, 5) is 19.8. The van der Waals surface area contributed by atoms with Gasteiger partial charge in [0.15, 0.2) is 0 Å². The van der Waals surface area contributed by atoms with Crippen LogP contribution in [-0.2, 0) is 11.2 Å². The normalized spacial score (nSPS) is 19.9. The lowest BCUT2D eigenvalue weighted by atomic mass is 9.90. The third-order valence-electron chi connectivity index (χ3n) is 7.12. The van der Waals surface area contributed by atoms with E-state index < -0.39 is 0 Å². The van der Waals surface area contributed by atoms with Gasteiger partial charge in [-0.15, -0.1) is 0 Å². The maximum atomic E-state index is 13.1. The molecule has 1 atom stereocenters. The van der Waals surface area contributed by atoms with E-state index in [2.05, 4.69) is 55.7 Å². The van der Waals surface area contributed by atoms with Crippen molar-refractivity contribution in [3.05, 3.63) is 53.9 Å². The lowest BCUT2D eigenvalue weighted by Crippen LogP contribution is -2.39. The third kappa shape index (κ3) is 4.64. The number of piperidine rings is 1. The summed E-state index contributed by atoms with van der Waals surface area (Å²) in [6, 6.07) is 13.0. The highest BCUT2D eigenvalue weighted by Gasteiger charge is 2.25. The Hall–Kier alpha value is -2.89. The van der Waals surface area contributed by atoms with Gasteiger partial charge in [0.1, 0.15) is 5.82 Å². The number of H-pyrrole nitrogens is 1. The maximum Gasteiger partial charge on any atom is 0.222 e. The summed E-state index contributed by atoms with van der Waals surface area (Å²) in [6.07, 6.45) is 11.5. The quantitative estimate of drug-likeness (QED) is 0.573. The fourth-order valence-electron chi connectivity index (χ4n) is 5.35. The summed E-state index contributed by atoms with van der Waals surface area (Å²) >= 11 is 0. The molecule has 1 aliphatic heterocycles. The first-order chi connectivity index (χ1) is 15.8. The van der Waals surface area contributed by atoms with Crippen molar-refractivity contribution >= 4 is 22.6 Å². The van der Waals surface area contributed by atoms with Gasteiger partial charge < -0.3 is 10.2 Å². The van der Waals surface area contributed by atoms with Gasteiger partial charge in [0, 0.05) is 43.4 Å². The molecular formula is C26H33N5O. The first kappa shape index (κ1) is 21.0. The third-order valence-corrected chi connectivity index (χ3v) is 7.12. The highest BCUT2D eigenvalue weighted by atomic mass is 16.2. The number of anilines is 1. The highest BCUT2D eigenvalue weighted by molar-refractivity contribution is 5.92. The lowest BCUT2D eigenvalue weighted by molar-refractivity contribution is -0.132. The first-order valence-corrected chi connectivity index (χ1v) is 12.2. The number of hydrogen-bond donors (Lipinski definition) is 2. The number of aromatic amines is 1. The molecule has 32 heavy (non-hydrogen) atoms. The van der Waals surface area contributed by atoms with Crippen LogP contribution in [-0.4, -0.2) is 45.1 Å². The van der Waals surface area contributed by atoms with Crippen LogP contribution in [0.15, 0.2) is 42.6 Å². The molecule has 1 aromatic carbocycles. The molecule has 3 aromatic rings. The number of fused-ring (bicyclic) bond motifs is 1. The fourth-order valence-corrected chi connectivity index (χ4v) is 5.35. The number of nitrogens with one attached hydrogen (secondary N) is 2. The molecule has 5 rings (SSSR count). The molecule has 2 aliphatic rings. The number of hydrogen-bond acceptors (Lipinski definition) is 4.